The number of carbonyl (C=O) groups is 3. The molecule has 9 N–H and O–H groups in total. The number of allylic oxidation sites excluding steroid dienone is 3. The van der Waals surface area contributed by atoms with Crippen molar-refractivity contribution in [2.45, 2.75) is 39.1 Å². The predicted octanol–water partition coefficient (Wildman–Crippen LogP) is -2.22. The molecule has 40 heavy (non-hydrogen) atoms. The molecule has 0 aliphatic carbocycles. The molecule has 0 aromatic carbocycles. The van der Waals surface area contributed by atoms with Crippen LogP contribution in [-0.4, -0.2) is 157 Å². The zero-order valence-electron chi connectivity index (χ0n) is 23.7. The van der Waals surface area contributed by atoms with Crippen LogP contribution in [-0.2, 0) is 31.5 Å². The molecule has 0 saturated heterocycles. The summed E-state index contributed by atoms with van der Waals surface area (Å²) in [5.41, 5.74) is 0. The monoisotopic (exact) mass is 623 g/mol. The number of likely N-dealkylation sites (N-methyl/N-ethyl adjacent to an activating group) is 3. The van der Waals surface area contributed by atoms with Gasteiger partial charge in [-0.15, -0.1) is 0 Å². The smallest absolute Gasteiger partial charge is 0.190 e. The van der Waals surface area contributed by atoms with Crippen molar-refractivity contribution in [2.75, 3.05) is 60.6 Å². The van der Waals surface area contributed by atoms with Crippen molar-refractivity contribution in [1.29, 1.82) is 0 Å². The molecule has 15 nitrogen and oxygen atoms in total. The van der Waals surface area contributed by atoms with E-state index in [1.807, 2.05) is 0 Å². The van der Waals surface area contributed by atoms with Crippen LogP contribution < -0.4 is 0 Å². The van der Waals surface area contributed by atoms with Crippen molar-refractivity contribution in [3.63, 3.8) is 0 Å². The van der Waals surface area contributed by atoms with Crippen LogP contribution in [0.15, 0.2) is 35.9 Å². The second-order valence-electron chi connectivity index (χ2n) is 8.49. The molecule has 0 aliphatic rings. The first kappa shape index (κ1) is 44.3. The van der Waals surface area contributed by atoms with Gasteiger partial charge in [-0.1, -0.05) is 0 Å². The maximum atomic E-state index is 10.5. The number of hydrogen-bond donors (Lipinski definition) is 9. The molecule has 0 fully saturated rings. The van der Waals surface area contributed by atoms with Crippen molar-refractivity contribution in [3.8, 4) is 0 Å². The first-order chi connectivity index (χ1) is 17.9. The molecule has 0 aliphatic heterocycles. The minimum absolute atomic E-state index is 0. The van der Waals surface area contributed by atoms with E-state index in [2.05, 4.69) is 0 Å². The minimum atomic E-state index is -0.924. The second-order valence-corrected chi connectivity index (χ2v) is 8.49. The number of nitrogens with zero attached hydrogens (tertiary/aromatic N) is 3. The van der Waals surface area contributed by atoms with Crippen LogP contribution in [0.25, 0.3) is 0 Å². The van der Waals surface area contributed by atoms with E-state index in [4.69, 9.17) is 30.6 Å². The standard InChI is InChI=1S/3C8H15NO4.Fe/c3*1-6(11)3-8(13)9(2)4-7(12)5-10;/h3*3,7,10,12-13H,4-5H2,1-2H3;. The fourth-order valence-corrected chi connectivity index (χ4v) is 2.28. The van der Waals surface area contributed by atoms with Crippen LogP contribution in [0.2, 0.25) is 0 Å². The van der Waals surface area contributed by atoms with Gasteiger partial charge in [-0.2, -0.15) is 0 Å². The van der Waals surface area contributed by atoms with Crippen molar-refractivity contribution >= 4 is 17.3 Å². The summed E-state index contributed by atoms with van der Waals surface area (Å²) < 4.78 is 0. The van der Waals surface area contributed by atoms with Crippen molar-refractivity contribution in [1.82, 2.24) is 14.7 Å². The first-order valence-corrected chi connectivity index (χ1v) is 11.6. The summed E-state index contributed by atoms with van der Waals surface area (Å²) in [6.07, 6.45) is 0.366. The Hall–Kier alpha value is -2.69. The normalized spacial score (nSPS) is 13.7. The van der Waals surface area contributed by atoms with Gasteiger partial charge in [-0.05, 0) is 20.8 Å². The molecule has 236 valence electrons. The zero-order valence-corrected chi connectivity index (χ0v) is 24.8. The van der Waals surface area contributed by atoms with Crippen LogP contribution in [0.5, 0.6) is 0 Å². The molecular formula is C24H45FeN3O12. The minimum Gasteiger partial charge on any atom is -0.495 e. The molecule has 0 heterocycles. The summed E-state index contributed by atoms with van der Waals surface area (Å²) >= 11 is 0. The summed E-state index contributed by atoms with van der Waals surface area (Å²) in [5.74, 6) is -1.49. The van der Waals surface area contributed by atoms with E-state index in [1.54, 1.807) is 0 Å². The van der Waals surface area contributed by atoms with Gasteiger partial charge < -0.3 is 60.7 Å². The third-order valence-corrected chi connectivity index (χ3v) is 4.26. The van der Waals surface area contributed by atoms with Crippen LogP contribution in [0.4, 0.5) is 0 Å². The number of rotatable bonds is 15. The maximum absolute atomic E-state index is 10.5. The van der Waals surface area contributed by atoms with Gasteiger partial charge in [-0.25, -0.2) is 0 Å². The molecule has 0 radical (unpaired) electrons. The Morgan fingerprint density at radius 3 is 0.850 bits per heavy atom. The third-order valence-electron chi connectivity index (χ3n) is 4.26. The summed E-state index contributed by atoms with van der Waals surface area (Å²) in [6.45, 7) is 3.03. The largest absolute Gasteiger partial charge is 0.495 e. The van der Waals surface area contributed by atoms with E-state index in [0.717, 1.165) is 18.2 Å². The van der Waals surface area contributed by atoms with Gasteiger partial charge in [0, 0.05) is 76.1 Å². The Bertz CT molecular complexity index is 718. The van der Waals surface area contributed by atoms with E-state index in [1.165, 1.54) is 56.6 Å². The van der Waals surface area contributed by atoms with E-state index >= 15 is 0 Å². The molecule has 0 aromatic rings. The molecule has 0 rings (SSSR count). The molecule has 0 bridgehead atoms. The molecule has 0 amide bonds. The van der Waals surface area contributed by atoms with Gasteiger partial charge >= 0.3 is 0 Å². The molecule has 3 atom stereocenters. The average molecular weight is 623 g/mol. The van der Waals surface area contributed by atoms with Gasteiger partial charge in [0.2, 0.25) is 0 Å². The summed E-state index contributed by atoms with van der Waals surface area (Å²) in [4.78, 5) is 35.5. The van der Waals surface area contributed by atoms with Crippen molar-refractivity contribution < 1.29 is 77.4 Å². The first-order valence-electron chi connectivity index (χ1n) is 11.6. The Morgan fingerprint density at radius 2 is 0.725 bits per heavy atom. The Balaban J connectivity index is -0.000000240. The molecule has 16 heteroatoms. The van der Waals surface area contributed by atoms with Crippen LogP contribution in [0, 0.1) is 0 Å². The van der Waals surface area contributed by atoms with Crippen LogP contribution in [0.1, 0.15) is 20.8 Å². The van der Waals surface area contributed by atoms with Gasteiger partial charge in [0.15, 0.2) is 35.0 Å². The zero-order chi connectivity index (χ0) is 31.3. The van der Waals surface area contributed by atoms with E-state index in [9.17, 15) is 29.7 Å². The second kappa shape index (κ2) is 25.3. The maximum Gasteiger partial charge on any atom is 0.190 e. The average Bonchev–Trinajstić information content (AvgIpc) is 2.82. The quantitative estimate of drug-likeness (QED) is 0.0533. The fourth-order valence-electron chi connectivity index (χ4n) is 2.28. The molecule has 0 saturated carbocycles. The van der Waals surface area contributed by atoms with Crippen LogP contribution >= 0.6 is 0 Å². The molecule has 0 spiro atoms. The number of aliphatic hydroxyl groups excluding tert-OH is 9. The van der Waals surface area contributed by atoms with Crippen LogP contribution in [0.3, 0.4) is 0 Å². The SMILES string of the molecule is CC(=O)C=C(O)N(C)CC(O)CO.CC(=O)C=C(O)N(C)CC(O)CO.CC(=O)C=C(O)N(C)CC(O)CO.[Fe]. The van der Waals surface area contributed by atoms with Gasteiger partial charge in [0.05, 0.1) is 38.1 Å². The van der Waals surface area contributed by atoms with E-state index in [-0.39, 0.29) is 91.5 Å². The Kier molecular flexibility index (Phi) is 28.0. The number of aliphatic hydroxyl groups is 9. The summed E-state index contributed by atoms with van der Waals surface area (Å²) in [5, 5.41) is 80.1. The fraction of sp³-hybridized carbons (Fsp3) is 0.625. The van der Waals surface area contributed by atoms with E-state index in [0.29, 0.717) is 0 Å². The summed E-state index contributed by atoms with van der Waals surface area (Å²) in [6, 6.07) is 0. The number of carbonyl (C=O) groups excluding carboxylic acids is 3. The van der Waals surface area contributed by atoms with Crippen molar-refractivity contribution in [2.24, 2.45) is 0 Å². The molecular weight excluding hydrogens is 578 g/mol. The van der Waals surface area contributed by atoms with Gasteiger partial charge in [-0.3, -0.25) is 14.4 Å². The third kappa shape index (κ3) is 26.9. The van der Waals surface area contributed by atoms with E-state index < -0.39 is 18.3 Å². The topological polar surface area (TPSA) is 243 Å². The Morgan fingerprint density at radius 1 is 0.550 bits per heavy atom. The van der Waals surface area contributed by atoms with Gasteiger partial charge in [0.25, 0.3) is 0 Å². The van der Waals surface area contributed by atoms with Gasteiger partial charge in [0.1, 0.15) is 0 Å². The summed E-state index contributed by atoms with van der Waals surface area (Å²) in [7, 11) is 4.52. The number of hydrogen-bond acceptors (Lipinski definition) is 15. The number of ketones is 3. The molecule has 3 unspecified atom stereocenters. The van der Waals surface area contributed by atoms with Crippen molar-refractivity contribution in [3.05, 3.63) is 35.9 Å². The Labute approximate surface area is 245 Å². The molecule has 0 aromatic heterocycles. The predicted molar refractivity (Wildman–Crippen MR) is 141 cm³/mol.